The summed E-state index contributed by atoms with van der Waals surface area (Å²) in [5.74, 6) is -0.542. The number of aliphatic hydroxyl groups is 1. The van der Waals surface area contributed by atoms with Gasteiger partial charge in [-0.1, -0.05) is 37.3 Å². The van der Waals surface area contributed by atoms with E-state index in [9.17, 15) is 14.7 Å². The molecule has 6 nitrogen and oxygen atoms in total. The maximum absolute atomic E-state index is 13.2. The smallest absolute Gasteiger partial charge is 0.323 e. The number of likely N-dealkylation sites (tertiary alicyclic amines) is 1. The van der Waals surface area contributed by atoms with Crippen molar-refractivity contribution in [1.82, 2.24) is 9.47 Å². The molecule has 4 atom stereocenters. The summed E-state index contributed by atoms with van der Waals surface area (Å²) in [6, 6.07) is 13.0. The van der Waals surface area contributed by atoms with E-state index in [1.54, 1.807) is 0 Å². The first-order valence-corrected chi connectivity index (χ1v) is 9.86. The van der Waals surface area contributed by atoms with E-state index in [0.29, 0.717) is 18.7 Å². The Bertz CT molecular complexity index is 924. The first-order valence-electron chi connectivity index (χ1n) is 9.86. The van der Waals surface area contributed by atoms with Crippen LogP contribution in [0, 0.1) is 11.8 Å². The highest BCUT2D eigenvalue weighted by molar-refractivity contribution is 5.77. The van der Waals surface area contributed by atoms with Crippen LogP contribution in [0.5, 0.6) is 0 Å². The Morgan fingerprint density at radius 1 is 1.21 bits per heavy atom. The van der Waals surface area contributed by atoms with Gasteiger partial charge in [0, 0.05) is 36.2 Å². The van der Waals surface area contributed by atoms with Crippen molar-refractivity contribution >= 4 is 5.97 Å². The number of hydrogen-bond acceptors (Lipinski definition) is 5. The molecule has 1 saturated heterocycles. The Morgan fingerprint density at radius 3 is 2.61 bits per heavy atom. The van der Waals surface area contributed by atoms with Crippen LogP contribution in [-0.2, 0) is 16.1 Å². The maximum Gasteiger partial charge on any atom is 0.323 e. The van der Waals surface area contributed by atoms with Gasteiger partial charge in [0.1, 0.15) is 6.04 Å². The fourth-order valence-electron chi connectivity index (χ4n) is 5.05. The van der Waals surface area contributed by atoms with Gasteiger partial charge in [-0.25, -0.2) is 0 Å². The summed E-state index contributed by atoms with van der Waals surface area (Å²) in [6.45, 7) is 3.19. The van der Waals surface area contributed by atoms with Crippen molar-refractivity contribution in [2.24, 2.45) is 11.8 Å². The van der Waals surface area contributed by atoms with E-state index in [4.69, 9.17) is 4.74 Å². The van der Waals surface area contributed by atoms with E-state index in [1.165, 1.54) is 7.11 Å². The van der Waals surface area contributed by atoms with Crippen LogP contribution < -0.4 is 5.56 Å². The first-order chi connectivity index (χ1) is 13.6. The second-order valence-corrected chi connectivity index (χ2v) is 7.61. The SMILES string of the molecule is CCCN1[C@H](C(=O)OC)[C@@H](CO)[C@@H]2Cn3c(ccc(-c4ccccc4)c3=O)[C@@H]21. The lowest BCUT2D eigenvalue weighted by molar-refractivity contribution is -0.148. The van der Waals surface area contributed by atoms with Crippen molar-refractivity contribution in [3.63, 3.8) is 0 Å². The molecule has 0 unspecified atom stereocenters. The lowest BCUT2D eigenvalue weighted by atomic mass is 9.88. The Kier molecular flexibility index (Phi) is 5.08. The number of carbonyl (C=O) groups is 1. The number of methoxy groups -OCH3 is 1. The molecule has 0 saturated carbocycles. The third kappa shape index (κ3) is 2.79. The van der Waals surface area contributed by atoms with Gasteiger partial charge < -0.3 is 14.4 Å². The summed E-state index contributed by atoms with van der Waals surface area (Å²) in [4.78, 5) is 27.8. The predicted octanol–water partition coefficient (Wildman–Crippen LogP) is 2.06. The zero-order valence-electron chi connectivity index (χ0n) is 16.2. The number of pyridine rings is 1. The van der Waals surface area contributed by atoms with Gasteiger partial charge in [-0.2, -0.15) is 0 Å². The molecule has 1 aromatic heterocycles. The Hall–Kier alpha value is -2.44. The molecular formula is C22H26N2O4. The number of benzene rings is 1. The number of nitrogens with zero attached hydrogens (tertiary/aromatic N) is 2. The molecule has 4 rings (SSSR count). The number of esters is 1. The average Bonchev–Trinajstić information content (AvgIpc) is 3.24. The first kappa shape index (κ1) is 18.9. The highest BCUT2D eigenvalue weighted by Gasteiger charge is 2.55. The molecule has 0 aliphatic carbocycles. The van der Waals surface area contributed by atoms with E-state index in [-0.39, 0.29) is 36.0 Å². The molecule has 0 radical (unpaired) electrons. The molecule has 148 valence electrons. The van der Waals surface area contributed by atoms with Crippen molar-refractivity contribution in [3.05, 3.63) is 58.5 Å². The molecule has 28 heavy (non-hydrogen) atoms. The minimum atomic E-state index is -0.470. The van der Waals surface area contributed by atoms with Gasteiger partial charge in [-0.3, -0.25) is 14.5 Å². The number of fused-ring (bicyclic) bond motifs is 3. The van der Waals surface area contributed by atoms with Crippen LogP contribution >= 0.6 is 0 Å². The normalized spacial score (nSPS) is 26.1. The molecule has 0 bridgehead atoms. The molecule has 6 heteroatoms. The van der Waals surface area contributed by atoms with Gasteiger partial charge in [0.2, 0.25) is 0 Å². The molecule has 1 aromatic carbocycles. The van der Waals surface area contributed by atoms with E-state index >= 15 is 0 Å². The topological polar surface area (TPSA) is 71.8 Å². The minimum absolute atomic E-state index is 0.0131. The van der Waals surface area contributed by atoms with Crippen molar-refractivity contribution in [3.8, 4) is 11.1 Å². The molecule has 2 aliphatic heterocycles. The number of hydrogen-bond donors (Lipinski definition) is 1. The number of aromatic nitrogens is 1. The summed E-state index contributed by atoms with van der Waals surface area (Å²) in [5, 5.41) is 10.1. The third-order valence-corrected chi connectivity index (χ3v) is 6.20. The zero-order valence-corrected chi connectivity index (χ0v) is 16.2. The highest BCUT2D eigenvalue weighted by Crippen LogP contribution is 2.49. The van der Waals surface area contributed by atoms with Gasteiger partial charge in [0.05, 0.1) is 13.2 Å². The summed E-state index contributed by atoms with van der Waals surface area (Å²) in [7, 11) is 1.39. The molecule has 0 amide bonds. The predicted molar refractivity (Wildman–Crippen MR) is 106 cm³/mol. The summed E-state index contributed by atoms with van der Waals surface area (Å²) in [6.07, 6.45) is 0.876. The molecule has 3 heterocycles. The quantitative estimate of drug-likeness (QED) is 0.802. The van der Waals surface area contributed by atoms with Crippen LogP contribution in [0.25, 0.3) is 11.1 Å². The monoisotopic (exact) mass is 382 g/mol. The van der Waals surface area contributed by atoms with Crippen LogP contribution in [-0.4, -0.2) is 46.8 Å². The van der Waals surface area contributed by atoms with Crippen LogP contribution in [0.3, 0.4) is 0 Å². The second kappa shape index (κ2) is 7.53. The fraction of sp³-hybridized carbons (Fsp3) is 0.455. The number of ether oxygens (including phenoxy) is 1. The summed E-state index contributed by atoms with van der Waals surface area (Å²) in [5.41, 5.74) is 2.49. The van der Waals surface area contributed by atoms with Crippen LogP contribution in [0.15, 0.2) is 47.3 Å². The van der Waals surface area contributed by atoms with Gasteiger partial charge in [-0.15, -0.1) is 0 Å². The zero-order chi connectivity index (χ0) is 19.8. The highest BCUT2D eigenvalue weighted by atomic mass is 16.5. The second-order valence-electron chi connectivity index (χ2n) is 7.61. The molecule has 1 fully saturated rings. The van der Waals surface area contributed by atoms with E-state index < -0.39 is 6.04 Å². The Balaban J connectivity index is 1.79. The van der Waals surface area contributed by atoms with Gasteiger partial charge in [0.25, 0.3) is 5.56 Å². The number of aliphatic hydroxyl groups excluding tert-OH is 1. The molecular weight excluding hydrogens is 356 g/mol. The number of rotatable bonds is 5. The van der Waals surface area contributed by atoms with E-state index in [0.717, 1.165) is 17.7 Å². The largest absolute Gasteiger partial charge is 0.468 e. The molecule has 2 aliphatic rings. The lowest BCUT2D eigenvalue weighted by Crippen LogP contribution is -2.43. The Labute approximate surface area is 164 Å². The van der Waals surface area contributed by atoms with E-state index in [1.807, 2.05) is 47.0 Å². The van der Waals surface area contributed by atoms with Crippen molar-refractivity contribution in [2.75, 3.05) is 20.3 Å². The van der Waals surface area contributed by atoms with E-state index in [2.05, 4.69) is 11.8 Å². The Morgan fingerprint density at radius 2 is 1.96 bits per heavy atom. The average molecular weight is 382 g/mol. The van der Waals surface area contributed by atoms with Crippen LogP contribution in [0.4, 0.5) is 0 Å². The van der Waals surface area contributed by atoms with Crippen LogP contribution in [0.1, 0.15) is 25.1 Å². The molecule has 1 N–H and O–H groups in total. The number of carbonyl (C=O) groups excluding carboxylic acids is 1. The van der Waals surface area contributed by atoms with Crippen molar-refractivity contribution in [1.29, 1.82) is 0 Å². The molecule has 0 spiro atoms. The summed E-state index contributed by atoms with van der Waals surface area (Å²) >= 11 is 0. The van der Waals surface area contributed by atoms with Crippen molar-refractivity contribution < 1.29 is 14.6 Å². The lowest BCUT2D eigenvalue weighted by Gasteiger charge is -2.29. The van der Waals surface area contributed by atoms with Crippen LogP contribution in [0.2, 0.25) is 0 Å². The summed E-state index contributed by atoms with van der Waals surface area (Å²) < 4.78 is 6.87. The van der Waals surface area contributed by atoms with Gasteiger partial charge >= 0.3 is 5.97 Å². The fourth-order valence-corrected chi connectivity index (χ4v) is 5.05. The van der Waals surface area contributed by atoms with Gasteiger partial charge in [-0.05, 0) is 30.7 Å². The van der Waals surface area contributed by atoms with Gasteiger partial charge in [0.15, 0.2) is 0 Å². The molecule has 2 aromatic rings. The third-order valence-electron chi connectivity index (χ3n) is 6.20. The van der Waals surface area contributed by atoms with Crippen molar-refractivity contribution in [2.45, 2.75) is 32.0 Å². The standard InChI is InChI=1S/C22H26N2O4/c1-3-11-23-19-16(17(13-25)20(23)22(27)28-2)12-24-18(19)10-9-15(21(24)26)14-7-5-4-6-8-14/h4-10,16-17,19-20,25H,3,11-13H2,1-2H3/t16-,17-,19+,20-/m0/s1. The maximum atomic E-state index is 13.2. The minimum Gasteiger partial charge on any atom is -0.468 e.